The highest BCUT2D eigenvalue weighted by Gasteiger charge is 2.33. The molecule has 1 heterocycles. The van der Waals surface area contributed by atoms with Crippen LogP contribution in [0.4, 0.5) is 0 Å². The quantitative estimate of drug-likeness (QED) is 0.733. The smallest absolute Gasteiger partial charge is 0.0700 e. The Balaban J connectivity index is 1.97. The van der Waals surface area contributed by atoms with Gasteiger partial charge in [0.15, 0.2) is 0 Å². The van der Waals surface area contributed by atoms with E-state index in [9.17, 15) is 0 Å². The minimum Gasteiger partial charge on any atom is -0.297 e. The topological polar surface area (TPSA) is 27.0 Å². The predicted molar refractivity (Wildman–Crippen MR) is 60.1 cm³/mol. The molecule has 1 aliphatic rings. The molecule has 2 rings (SSSR count). The molecule has 0 radical (unpaired) electrons. The Kier molecular flexibility index (Phi) is 2.75. The van der Waals surface area contributed by atoms with Crippen LogP contribution in [0.3, 0.4) is 0 Å². The molecule has 1 aromatic rings. The number of likely N-dealkylation sites (tertiary alicyclic amines) is 1. The molecule has 2 heteroatoms. The van der Waals surface area contributed by atoms with Crippen LogP contribution in [0.25, 0.3) is 0 Å². The molecule has 0 spiro atoms. The fourth-order valence-corrected chi connectivity index (χ4v) is 2.12. The molecule has 0 aromatic heterocycles. The molecule has 1 fully saturated rings. The van der Waals surface area contributed by atoms with E-state index in [1.165, 1.54) is 5.56 Å². The normalized spacial score (nSPS) is 26.4. The van der Waals surface area contributed by atoms with Gasteiger partial charge in [-0.2, -0.15) is 5.26 Å². The van der Waals surface area contributed by atoms with Gasteiger partial charge in [0.2, 0.25) is 0 Å². The molecule has 1 saturated heterocycles. The number of hydrogen-bond donors (Lipinski definition) is 0. The van der Waals surface area contributed by atoms with Crippen LogP contribution < -0.4 is 0 Å². The highest BCUT2D eigenvalue weighted by atomic mass is 15.2. The largest absolute Gasteiger partial charge is 0.297 e. The molecule has 0 saturated carbocycles. The summed E-state index contributed by atoms with van der Waals surface area (Å²) in [5.41, 5.74) is 1.20. The van der Waals surface area contributed by atoms with Gasteiger partial charge in [-0.3, -0.25) is 4.90 Å². The third-order valence-corrected chi connectivity index (χ3v) is 3.07. The van der Waals surface area contributed by atoms with Crippen molar-refractivity contribution in [1.29, 1.82) is 5.26 Å². The number of benzene rings is 1. The zero-order valence-corrected chi connectivity index (χ0v) is 9.11. The highest BCUT2D eigenvalue weighted by molar-refractivity contribution is 5.15. The molecule has 0 N–H and O–H groups in total. The first kappa shape index (κ1) is 10.2. The summed E-state index contributed by atoms with van der Waals surface area (Å²) in [5, 5.41) is 9.03. The summed E-state index contributed by atoms with van der Waals surface area (Å²) in [5.74, 6) is 0. The predicted octanol–water partition coefficient (Wildman–Crippen LogP) is 2.42. The van der Waals surface area contributed by atoms with Crippen LogP contribution in [0, 0.1) is 16.7 Å². The summed E-state index contributed by atoms with van der Waals surface area (Å²) < 4.78 is 0. The maximum atomic E-state index is 9.03. The van der Waals surface area contributed by atoms with E-state index >= 15 is 0 Å². The van der Waals surface area contributed by atoms with Gasteiger partial charge in [-0.25, -0.2) is 0 Å². The molecular weight excluding hydrogens is 184 g/mol. The van der Waals surface area contributed by atoms with Gasteiger partial charge in [-0.05, 0) is 18.9 Å². The minimum absolute atomic E-state index is 0.130. The average molecular weight is 200 g/mol. The molecule has 1 atom stereocenters. The van der Waals surface area contributed by atoms with E-state index in [1.54, 1.807) is 0 Å². The Labute approximate surface area is 91.1 Å². The van der Waals surface area contributed by atoms with E-state index in [2.05, 4.69) is 42.2 Å². The Hall–Kier alpha value is -1.33. The standard InChI is InChI=1S/C13H16N2/c1-13(10-14)7-8-15(11-13)9-12-5-3-2-4-6-12/h2-6H,7-9,11H2,1H3/t13-/m0/s1. The van der Waals surface area contributed by atoms with E-state index < -0.39 is 0 Å². The van der Waals surface area contributed by atoms with Crippen LogP contribution in [0.5, 0.6) is 0 Å². The fourth-order valence-electron chi connectivity index (χ4n) is 2.12. The van der Waals surface area contributed by atoms with Crippen molar-refractivity contribution in [1.82, 2.24) is 4.90 Å². The van der Waals surface area contributed by atoms with Crippen molar-refractivity contribution in [2.24, 2.45) is 5.41 Å². The molecule has 0 aliphatic carbocycles. The Morgan fingerprint density at radius 1 is 1.40 bits per heavy atom. The van der Waals surface area contributed by atoms with Gasteiger partial charge in [0, 0.05) is 19.6 Å². The molecule has 78 valence electrons. The van der Waals surface area contributed by atoms with E-state index in [0.29, 0.717) is 0 Å². The Morgan fingerprint density at radius 3 is 2.73 bits per heavy atom. The molecule has 0 amide bonds. The Bertz CT molecular complexity index is 366. The zero-order chi connectivity index (χ0) is 10.7. The van der Waals surface area contributed by atoms with Gasteiger partial charge in [0.05, 0.1) is 11.5 Å². The lowest BCUT2D eigenvalue weighted by Gasteiger charge is -2.17. The van der Waals surface area contributed by atoms with Crippen LogP contribution in [0.2, 0.25) is 0 Å². The lowest BCUT2D eigenvalue weighted by Crippen LogP contribution is -2.23. The second kappa shape index (κ2) is 4.04. The maximum absolute atomic E-state index is 9.03. The summed E-state index contributed by atoms with van der Waals surface area (Å²) >= 11 is 0. The summed E-state index contributed by atoms with van der Waals surface area (Å²) in [4.78, 5) is 2.36. The van der Waals surface area contributed by atoms with E-state index in [1.807, 2.05) is 6.07 Å². The van der Waals surface area contributed by atoms with Crippen molar-refractivity contribution in [2.75, 3.05) is 13.1 Å². The third kappa shape index (κ3) is 2.37. The van der Waals surface area contributed by atoms with Crippen LogP contribution in [0.1, 0.15) is 18.9 Å². The SMILES string of the molecule is C[C@@]1(C#N)CCN(Cc2ccccc2)C1. The lowest BCUT2D eigenvalue weighted by molar-refractivity contribution is 0.303. The Morgan fingerprint density at radius 2 is 2.13 bits per heavy atom. The number of rotatable bonds is 2. The first-order valence-corrected chi connectivity index (χ1v) is 5.39. The van der Waals surface area contributed by atoms with Crippen molar-refractivity contribution < 1.29 is 0 Å². The van der Waals surface area contributed by atoms with Gasteiger partial charge in [0.1, 0.15) is 0 Å². The van der Waals surface area contributed by atoms with Crippen molar-refractivity contribution >= 4 is 0 Å². The first-order valence-electron chi connectivity index (χ1n) is 5.39. The summed E-state index contributed by atoms with van der Waals surface area (Å²) in [7, 11) is 0. The highest BCUT2D eigenvalue weighted by Crippen LogP contribution is 2.29. The molecule has 2 nitrogen and oxygen atoms in total. The van der Waals surface area contributed by atoms with E-state index in [4.69, 9.17) is 5.26 Å². The molecule has 0 unspecified atom stereocenters. The fraction of sp³-hybridized carbons (Fsp3) is 0.462. The first-order chi connectivity index (χ1) is 7.22. The van der Waals surface area contributed by atoms with Crippen LogP contribution in [-0.2, 0) is 6.54 Å². The van der Waals surface area contributed by atoms with Crippen LogP contribution in [0.15, 0.2) is 30.3 Å². The van der Waals surface area contributed by atoms with Crippen molar-refractivity contribution in [3.8, 4) is 6.07 Å². The maximum Gasteiger partial charge on any atom is 0.0700 e. The monoisotopic (exact) mass is 200 g/mol. The summed E-state index contributed by atoms with van der Waals surface area (Å²) in [6.07, 6.45) is 0.996. The van der Waals surface area contributed by atoms with Crippen LogP contribution in [-0.4, -0.2) is 18.0 Å². The zero-order valence-electron chi connectivity index (χ0n) is 9.11. The van der Waals surface area contributed by atoms with Crippen molar-refractivity contribution in [2.45, 2.75) is 19.9 Å². The number of hydrogen-bond acceptors (Lipinski definition) is 2. The van der Waals surface area contributed by atoms with Gasteiger partial charge in [-0.15, -0.1) is 0 Å². The lowest BCUT2D eigenvalue weighted by atomic mass is 9.92. The molecular formula is C13H16N2. The van der Waals surface area contributed by atoms with Gasteiger partial charge >= 0.3 is 0 Å². The molecule has 15 heavy (non-hydrogen) atoms. The second-order valence-corrected chi connectivity index (χ2v) is 4.62. The van der Waals surface area contributed by atoms with Crippen LogP contribution >= 0.6 is 0 Å². The van der Waals surface area contributed by atoms with Crippen molar-refractivity contribution in [3.05, 3.63) is 35.9 Å². The van der Waals surface area contributed by atoms with E-state index in [0.717, 1.165) is 26.1 Å². The van der Waals surface area contributed by atoms with Gasteiger partial charge in [0.25, 0.3) is 0 Å². The average Bonchev–Trinajstić information content (AvgIpc) is 2.63. The van der Waals surface area contributed by atoms with E-state index in [-0.39, 0.29) is 5.41 Å². The molecule has 1 aliphatic heterocycles. The number of nitriles is 1. The summed E-state index contributed by atoms with van der Waals surface area (Å²) in [6.45, 7) is 4.97. The van der Waals surface area contributed by atoms with Crippen molar-refractivity contribution in [3.63, 3.8) is 0 Å². The minimum atomic E-state index is -0.130. The molecule has 0 bridgehead atoms. The second-order valence-electron chi connectivity index (χ2n) is 4.62. The third-order valence-electron chi connectivity index (χ3n) is 3.07. The van der Waals surface area contributed by atoms with Gasteiger partial charge < -0.3 is 0 Å². The molecule has 1 aromatic carbocycles. The number of nitrogens with zero attached hydrogens (tertiary/aromatic N) is 2. The summed E-state index contributed by atoms with van der Waals surface area (Å²) in [6, 6.07) is 12.9. The van der Waals surface area contributed by atoms with Gasteiger partial charge in [-0.1, -0.05) is 30.3 Å².